The van der Waals surface area contributed by atoms with Gasteiger partial charge in [-0.1, -0.05) is 18.2 Å². The second-order valence-electron chi connectivity index (χ2n) is 7.38. The second kappa shape index (κ2) is 10.7. The number of benzene rings is 2. The number of nitrogens with zero attached hydrogens (tertiary/aromatic N) is 2. The fourth-order valence-corrected chi connectivity index (χ4v) is 5.71. The van der Waals surface area contributed by atoms with E-state index in [1.54, 1.807) is 36.0 Å². The maximum atomic E-state index is 13.7. The zero-order valence-corrected chi connectivity index (χ0v) is 20.0. The molecule has 0 unspecified atom stereocenters. The molecule has 10 nitrogen and oxygen atoms in total. The quantitative estimate of drug-likeness (QED) is 0.245. The number of thiophene rings is 1. The molecule has 3 rings (SSSR count). The maximum Gasteiger partial charge on any atom is 0.272 e. The van der Waals surface area contributed by atoms with Gasteiger partial charge in [-0.2, -0.15) is 4.31 Å². The number of hydrogen-bond acceptors (Lipinski definition) is 8. The molecule has 34 heavy (non-hydrogen) atoms. The number of hydrogen-bond donors (Lipinski definition) is 2. The summed E-state index contributed by atoms with van der Waals surface area (Å²) in [6, 6.07) is 12.2. The molecule has 1 amide bonds. The Kier molecular flexibility index (Phi) is 7.99. The Labute approximate surface area is 200 Å². The van der Waals surface area contributed by atoms with E-state index in [1.165, 1.54) is 54.8 Å². The zero-order chi connectivity index (χ0) is 24.9. The van der Waals surface area contributed by atoms with Crippen molar-refractivity contribution in [3.63, 3.8) is 0 Å². The first-order valence-electron chi connectivity index (χ1n) is 10.0. The van der Waals surface area contributed by atoms with Crippen molar-refractivity contribution in [1.29, 1.82) is 0 Å². The molecular formula is C22H23N3O7S2. The first kappa shape index (κ1) is 25.3. The van der Waals surface area contributed by atoms with Gasteiger partial charge >= 0.3 is 0 Å². The summed E-state index contributed by atoms with van der Waals surface area (Å²) in [5.74, 6) is -0.477. The highest BCUT2D eigenvalue weighted by atomic mass is 32.2. The van der Waals surface area contributed by atoms with Crippen molar-refractivity contribution in [1.82, 2.24) is 9.79 Å². The van der Waals surface area contributed by atoms with Crippen LogP contribution in [-0.4, -0.2) is 41.9 Å². The van der Waals surface area contributed by atoms with Crippen LogP contribution in [0.4, 0.5) is 5.69 Å². The van der Waals surface area contributed by atoms with Gasteiger partial charge < -0.3 is 4.74 Å². The van der Waals surface area contributed by atoms with E-state index in [0.29, 0.717) is 16.9 Å². The number of hydroxylamine groups is 1. The molecule has 3 aromatic rings. The van der Waals surface area contributed by atoms with Gasteiger partial charge in [0.1, 0.15) is 11.8 Å². The first-order valence-corrected chi connectivity index (χ1v) is 12.4. The number of nitrogens with one attached hydrogen (secondary N) is 1. The number of nitro groups is 1. The summed E-state index contributed by atoms with van der Waals surface area (Å²) in [7, 11) is -2.84. The normalized spacial score (nSPS) is 12.4. The predicted molar refractivity (Wildman–Crippen MR) is 125 cm³/mol. The summed E-state index contributed by atoms with van der Waals surface area (Å²) < 4.78 is 33.4. The van der Waals surface area contributed by atoms with E-state index >= 15 is 0 Å². The molecule has 0 saturated carbocycles. The Bertz CT molecular complexity index is 1260. The molecule has 2 N–H and O–H groups in total. The molecular weight excluding hydrogens is 482 g/mol. The minimum absolute atomic E-state index is 0.00655. The predicted octanol–water partition coefficient (Wildman–Crippen LogP) is 3.28. The Morgan fingerprint density at radius 3 is 2.50 bits per heavy atom. The van der Waals surface area contributed by atoms with Gasteiger partial charge in [-0.25, -0.2) is 13.9 Å². The fourth-order valence-electron chi connectivity index (χ4n) is 3.39. The molecule has 1 atom stereocenters. The number of aryl methyl sites for hydroxylation is 1. The summed E-state index contributed by atoms with van der Waals surface area (Å²) in [6.07, 6.45) is -0.00655. The molecule has 1 heterocycles. The molecule has 180 valence electrons. The lowest BCUT2D eigenvalue weighted by Crippen LogP contribution is -2.49. The van der Waals surface area contributed by atoms with E-state index in [9.17, 15) is 28.5 Å². The van der Waals surface area contributed by atoms with Crippen LogP contribution in [0.3, 0.4) is 0 Å². The minimum atomic E-state index is -4.28. The van der Waals surface area contributed by atoms with Crippen LogP contribution < -0.4 is 10.2 Å². The number of sulfonamides is 1. The van der Waals surface area contributed by atoms with Crippen molar-refractivity contribution in [2.45, 2.75) is 30.8 Å². The number of rotatable bonds is 10. The monoisotopic (exact) mass is 505 g/mol. The summed E-state index contributed by atoms with van der Waals surface area (Å²) in [5.41, 5.74) is 2.12. The second-order valence-corrected chi connectivity index (χ2v) is 10.3. The summed E-state index contributed by atoms with van der Waals surface area (Å²) in [5, 5.41) is 22.6. The summed E-state index contributed by atoms with van der Waals surface area (Å²) in [6.45, 7) is 1.24. The average molecular weight is 506 g/mol. The smallest absolute Gasteiger partial charge is 0.272 e. The Balaban J connectivity index is 2.11. The highest BCUT2D eigenvalue weighted by Gasteiger charge is 2.36. The molecule has 1 aromatic heterocycles. The number of amides is 1. The van der Waals surface area contributed by atoms with Crippen LogP contribution >= 0.6 is 11.3 Å². The van der Waals surface area contributed by atoms with Gasteiger partial charge in [0, 0.05) is 29.5 Å². The molecule has 0 spiro atoms. The van der Waals surface area contributed by atoms with Gasteiger partial charge in [0.25, 0.3) is 11.6 Å². The van der Waals surface area contributed by atoms with Crippen LogP contribution in [0.1, 0.15) is 16.0 Å². The van der Waals surface area contributed by atoms with Crippen LogP contribution in [0.15, 0.2) is 64.9 Å². The average Bonchev–Trinajstić information content (AvgIpc) is 3.34. The van der Waals surface area contributed by atoms with Crippen LogP contribution in [0.2, 0.25) is 0 Å². The van der Waals surface area contributed by atoms with Gasteiger partial charge in [-0.05, 0) is 48.2 Å². The Morgan fingerprint density at radius 2 is 1.94 bits per heavy atom. The van der Waals surface area contributed by atoms with Crippen LogP contribution in [0, 0.1) is 17.0 Å². The summed E-state index contributed by atoms with van der Waals surface area (Å²) >= 11 is 1.33. The van der Waals surface area contributed by atoms with Crippen molar-refractivity contribution in [2.24, 2.45) is 0 Å². The molecule has 0 aliphatic carbocycles. The van der Waals surface area contributed by atoms with Gasteiger partial charge in [-0.15, -0.1) is 11.3 Å². The van der Waals surface area contributed by atoms with E-state index in [0.717, 1.165) is 9.18 Å². The zero-order valence-electron chi connectivity index (χ0n) is 18.4. The van der Waals surface area contributed by atoms with Gasteiger partial charge in [0.2, 0.25) is 10.0 Å². The SMILES string of the molecule is COc1ccc(S(=O)(=O)N(Cc2ccc(C)c([N+](=O)[O-])c2)[C@H](Cc2cccs2)C(=O)NO)cc1. The molecule has 0 aliphatic heterocycles. The van der Waals surface area contributed by atoms with Crippen molar-refractivity contribution >= 4 is 33.0 Å². The molecule has 0 fully saturated rings. The molecule has 2 aromatic carbocycles. The molecule has 0 bridgehead atoms. The number of ether oxygens (including phenoxy) is 1. The van der Waals surface area contributed by atoms with E-state index in [2.05, 4.69) is 0 Å². The largest absolute Gasteiger partial charge is 0.497 e. The highest BCUT2D eigenvalue weighted by Crippen LogP contribution is 2.28. The molecule has 12 heteroatoms. The lowest BCUT2D eigenvalue weighted by atomic mass is 10.1. The van der Waals surface area contributed by atoms with E-state index in [4.69, 9.17) is 4.74 Å². The number of carbonyl (C=O) groups is 1. The van der Waals surface area contributed by atoms with E-state index in [1.807, 2.05) is 0 Å². The lowest BCUT2D eigenvalue weighted by Gasteiger charge is -2.29. The third-order valence-electron chi connectivity index (χ3n) is 5.21. The Morgan fingerprint density at radius 1 is 1.24 bits per heavy atom. The Hall–Kier alpha value is -3.32. The third kappa shape index (κ3) is 5.59. The molecule has 0 aliphatic rings. The fraction of sp³-hybridized carbons (Fsp3) is 0.227. The lowest BCUT2D eigenvalue weighted by molar-refractivity contribution is -0.385. The van der Waals surface area contributed by atoms with Gasteiger partial charge in [-0.3, -0.25) is 20.1 Å². The standard InChI is InChI=1S/C22H23N3O7S2/c1-15-5-6-16(12-20(15)25(28)29)14-24(21(22(26)23-27)13-18-4-3-11-33-18)34(30,31)19-9-7-17(32-2)8-10-19/h3-12,21,27H,13-14H2,1-2H3,(H,23,26)/t21-/m1/s1. The first-order chi connectivity index (χ1) is 16.2. The minimum Gasteiger partial charge on any atom is -0.497 e. The van der Waals surface area contributed by atoms with Gasteiger partial charge in [0.05, 0.1) is 16.9 Å². The van der Waals surface area contributed by atoms with Crippen molar-refractivity contribution < 1.29 is 28.1 Å². The number of carbonyl (C=O) groups excluding carboxylic acids is 1. The molecule has 0 saturated heterocycles. The van der Waals surface area contributed by atoms with E-state index in [-0.39, 0.29) is 23.5 Å². The molecule has 0 radical (unpaired) electrons. The van der Waals surface area contributed by atoms with Gasteiger partial charge in [0.15, 0.2) is 0 Å². The van der Waals surface area contributed by atoms with Crippen LogP contribution in [0.5, 0.6) is 5.75 Å². The van der Waals surface area contributed by atoms with Crippen molar-refractivity contribution in [2.75, 3.05) is 7.11 Å². The van der Waals surface area contributed by atoms with Crippen molar-refractivity contribution in [3.05, 3.63) is 86.1 Å². The van der Waals surface area contributed by atoms with Crippen LogP contribution in [-0.2, 0) is 27.8 Å². The van der Waals surface area contributed by atoms with Crippen LogP contribution in [0.25, 0.3) is 0 Å². The third-order valence-corrected chi connectivity index (χ3v) is 7.98. The highest BCUT2D eigenvalue weighted by molar-refractivity contribution is 7.89. The van der Waals surface area contributed by atoms with E-state index < -0.39 is 26.9 Å². The summed E-state index contributed by atoms with van der Waals surface area (Å²) in [4.78, 5) is 24.2. The number of methoxy groups -OCH3 is 1. The maximum absolute atomic E-state index is 13.7. The number of nitro benzene ring substituents is 1. The van der Waals surface area contributed by atoms with Crippen molar-refractivity contribution in [3.8, 4) is 5.75 Å². The topological polar surface area (TPSA) is 139 Å².